The van der Waals surface area contributed by atoms with Gasteiger partial charge in [-0.05, 0) is 26.8 Å². The fourth-order valence-corrected chi connectivity index (χ4v) is 2.09. The number of nitrogens with two attached hydrogens (primary N) is 1. The van der Waals surface area contributed by atoms with Crippen LogP contribution < -0.4 is 10.5 Å². The summed E-state index contributed by atoms with van der Waals surface area (Å²) in [6, 6.07) is 1.53. The molecular weight excluding hydrogens is 232 g/mol. The van der Waals surface area contributed by atoms with E-state index < -0.39 is 0 Å². The first-order chi connectivity index (χ1) is 8.43. The molecule has 0 unspecified atom stereocenters. The van der Waals surface area contributed by atoms with Crippen LogP contribution in [0, 0.1) is 0 Å². The second-order valence-electron chi connectivity index (χ2n) is 5.01. The van der Waals surface area contributed by atoms with Crippen LogP contribution in [0.2, 0.25) is 0 Å². The fourth-order valence-electron chi connectivity index (χ4n) is 2.09. The number of carbonyl (C=O) groups is 1. The van der Waals surface area contributed by atoms with E-state index in [1.54, 1.807) is 13.0 Å². The van der Waals surface area contributed by atoms with Gasteiger partial charge < -0.3 is 15.2 Å². The van der Waals surface area contributed by atoms with Gasteiger partial charge >= 0.3 is 5.97 Å². The third kappa shape index (κ3) is 2.46. The van der Waals surface area contributed by atoms with E-state index in [-0.39, 0.29) is 17.6 Å². The normalized spacial score (nSPS) is 20.8. The summed E-state index contributed by atoms with van der Waals surface area (Å²) in [6.07, 6.45) is 2.15. The van der Waals surface area contributed by atoms with Gasteiger partial charge in [0.15, 0.2) is 0 Å². The first-order valence-electron chi connectivity index (χ1n) is 6.04. The molecule has 0 saturated heterocycles. The van der Waals surface area contributed by atoms with Gasteiger partial charge in [0.25, 0.3) is 0 Å². The minimum absolute atomic E-state index is 0.175. The fraction of sp³-hybridized carbons (Fsp3) is 0.538. The molecule has 18 heavy (non-hydrogen) atoms. The molecule has 1 aromatic heterocycles. The summed E-state index contributed by atoms with van der Waals surface area (Å²) in [5, 5.41) is 0. The SMILES string of the molecule is CCOC(=O)c1cnc2c(c1)[C@@H](N)CC(C)(C)O2. The maximum Gasteiger partial charge on any atom is 0.339 e. The van der Waals surface area contributed by atoms with Crippen molar-refractivity contribution in [2.24, 2.45) is 5.73 Å². The zero-order valence-electron chi connectivity index (χ0n) is 10.9. The molecule has 0 aromatic carbocycles. The van der Waals surface area contributed by atoms with Crippen molar-refractivity contribution < 1.29 is 14.3 Å². The summed E-state index contributed by atoms with van der Waals surface area (Å²) in [7, 11) is 0. The van der Waals surface area contributed by atoms with Crippen LogP contribution in [-0.4, -0.2) is 23.2 Å². The number of rotatable bonds is 2. The average molecular weight is 250 g/mol. The molecule has 1 aliphatic heterocycles. The molecule has 0 spiro atoms. The summed E-state index contributed by atoms with van der Waals surface area (Å²) in [6.45, 7) is 6.04. The van der Waals surface area contributed by atoms with Gasteiger partial charge in [0.1, 0.15) is 5.60 Å². The van der Waals surface area contributed by atoms with Crippen LogP contribution in [-0.2, 0) is 4.74 Å². The number of hydrogen-bond acceptors (Lipinski definition) is 5. The van der Waals surface area contributed by atoms with Crippen molar-refractivity contribution in [1.82, 2.24) is 4.98 Å². The Hall–Kier alpha value is -1.62. The highest BCUT2D eigenvalue weighted by Crippen LogP contribution is 2.36. The highest BCUT2D eigenvalue weighted by Gasteiger charge is 2.33. The third-order valence-corrected chi connectivity index (χ3v) is 2.87. The lowest BCUT2D eigenvalue weighted by Crippen LogP contribution is -2.38. The molecule has 5 heteroatoms. The number of carbonyl (C=O) groups excluding carboxylic acids is 1. The predicted octanol–water partition coefficient (Wildman–Crippen LogP) is 1.82. The number of ether oxygens (including phenoxy) is 2. The van der Waals surface area contributed by atoms with Gasteiger partial charge in [-0.2, -0.15) is 0 Å². The highest BCUT2D eigenvalue weighted by molar-refractivity contribution is 5.89. The summed E-state index contributed by atoms with van der Waals surface area (Å²) in [4.78, 5) is 15.8. The highest BCUT2D eigenvalue weighted by atomic mass is 16.5. The predicted molar refractivity (Wildman–Crippen MR) is 66.4 cm³/mol. The Morgan fingerprint density at radius 3 is 3.06 bits per heavy atom. The number of esters is 1. The van der Waals surface area contributed by atoms with E-state index >= 15 is 0 Å². The van der Waals surface area contributed by atoms with E-state index in [2.05, 4.69) is 4.98 Å². The average Bonchev–Trinajstić information content (AvgIpc) is 2.27. The van der Waals surface area contributed by atoms with Gasteiger partial charge in [-0.25, -0.2) is 9.78 Å². The topological polar surface area (TPSA) is 74.4 Å². The number of nitrogens with zero attached hydrogens (tertiary/aromatic N) is 1. The van der Waals surface area contributed by atoms with Crippen LogP contribution >= 0.6 is 0 Å². The van der Waals surface area contributed by atoms with E-state index in [9.17, 15) is 4.79 Å². The van der Waals surface area contributed by atoms with Gasteiger partial charge in [0, 0.05) is 24.2 Å². The molecular formula is C13H18N2O3. The van der Waals surface area contributed by atoms with Gasteiger partial charge in [-0.1, -0.05) is 0 Å². The first-order valence-corrected chi connectivity index (χ1v) is 6.04. The summed E-state index contributed by atoms with van der Waals surface area (Å²) in [5.74, 6) is 0.122. The molecule has 5 nitrogen and oxygen atoms in total. The number of aromatic nitrogens is 1. The monoisotopic (exact) mass is 250 g/mol. The van der Waals surface area contributed by atoms with E-state index in [1.807, 2.05) is 13.8 Å². The number of hydrogen-bond donors (Lipinski definition) is 1. The van der Waals surface area contributed by atoms with Crippen LogP contribution in [0.4, 0.5) is 0 Å². The zero-order valence-corrected chi connectivity index (χ0v) is 10.9. The van der Waals surface area contributed by atoms with E-state index in [1.165, 1.54) is 6.20 Å². The molecule has 2 N–H and O–H groups in total. The van der Waals surface area contributed by atoms with Crippen molar-refractivity contribution in [3.8, 4) is 5.88 Å². The summed E-state index contributed by atoms with van der Waals surface area (Å²) in [5.41, 5.74) is 6.94. The molecule has 1 aromatic rings. The molecule has 1 atom stereocenters. The lowest BCUT2D eigenvalue weighted by Gasteiger charge is -2.35. The van der Waals surface area contributed by atoms with E-state index in [4.69, 9.17) is 15.2 Å². The smallest absolute Gasteiger partial charge is 0.339 e. The van der Waals surface area contributed by atoms with Crippen molar-refractivity contribution in [2.75, 3.05) is 6.61 Å². The Morgan fingerprint density at radius 1 is 1.67 bits per heavy atom. The largest absolute Gasteiger partial charge is 0.471 e. The van der Waals surface area contributed by atoms with Gasteiger partial charge in [-0.15, -0.1) is 0 Å². The Morgan fingerprint density at radius 2 is 2.39 bits per heavy atom. The lowest BCUT2D eigenvalue weighted by molar-refractivity contribution is 0.0522. The maximum atomic E-state index is 11.6. The molecule has 0 amide bonds. The van der Waals surface area contributed by atoms with Crippen molar-refractivity contribution in [3.05, 3.63) is 23.4 Å². The van der Waals surface area contributed by atoms with E-state index in [0.717, 1.165) is 5.56 Å². The zero-order chi connectivity index (χ0) is 13.3. The van der Waals surface area contributed by atoms with Crippen LogP contribution in [0.3, 0.4) is 0 Å². The Labute approximate surface area is 106 Å². The van der Waals surface area contributed by atoms with Crippen LogP contribution in [0.5, 0.6) is 5.88 Å². The molecule has 0 aliphatic carbocycles. The van der Waals surface area contributed by atoms with Gasteiger partial charge in [-0.3, -0.25) is 0 Å². The van der Waals surface area contributed by atoms with Crippen molar-refractivity contribution in [1.29, 1.82) is 0 Å². The molecule has 0 radical (unpaired) electrons. The molecule has 1 aliphatic rings. The molecule has 98 valence electrons. The minimum atomic E-state index is -0.384. The van der Waals surface area contributed by atoms with E-state index in [0.29, 0.717) is 24.5 Å². The molecule has 0 saturated carbocycles. The summed E-state index contributed by atoms with van der Waals surface area (Å²) < 4.78 is 10.7. The van der Waals surface area contributed by atoms with Crippen LogP contribution in [0.15, 0.2) is 12.3 Å². The Bertz CT molecular complexity index is 471. The quantitative estimate of drug-likeness (QED) is 0.810. The second kappa shape index (κ2) is 4.57. The molecule has 2 heterocycles. The Balaban J connectivity index is 2.33. The van der Waals surface area contributed by atoms with Crippen molar-refractivity contribution in [2.45, 2.75) is 38.8 Å². The standard InChI is InChI=1S/C13H18N2O3/c1-4-17-12(16)8-5-9-10(14)6-13(2,3)18-11(9)15-7-8/h5,7,10H,4,6,14H2,1-3H3/t10-/m0/s1. The van der Waals surface area contributed by atoms with Crippen molar-refractivity contribution >= 4 is 5.97 Å². The number of pyridine rings is 1. The third-order valence-electron chi connectivity index (χ3n) is 2.87. The van der Waals surface area contributed by atoms with Gasteiger partial charge in [0.05, 0.1) is 12.2 Å². The lowest BCUT2D eigenvalue weighted by atomic mass is 9.91. The minimum Gasteiger partial charge on any atom is -0.471 e. The molecule has 0 fully saturated rings. The first kappa shape index (κ1) is 12.8. The van der Waals surface area contributed by atoms with Gasteiger partial charge in [0.2, 0.25) is 5.88 Å². The molecule has 2 rings (SSSR count). The maximum absolute atomic E-state index is 11.6. The van der Waals surface area contributed by atoms with Crippen molar-refractivity contribution in [3.63, 3.8) is 0 Å². The summed E-state index contributed by atoms with van der Waals surface area (Å²) >= 11 is 0. The molecule has 0 bridgehead atoms. The Kier molecular flexibility index (Phi) is 3.26. The number of fused-ring (bicyclic) bond motifs is 1. The second-order valence-corrected chi connectivity index (χ2v) is 5.01. The van der Waals surface area contributed by atoms with Crippen LogP contribution in [0.1, 0.15) is 49.2 Å². The van der Waals surface area contributed by atoms with Crippen LogP contribution in [0.25, 0.3) is 0 Å².